The molecule has 0 spiro atoms. The number of hydrogen-bond acceptors (Lipinski definition) is 6. The molecule has 1 aliphatic rings. The van der Waals surface area contributed by atoms with Crippen LogP contribution in [0.1, 0.15) is 28.9 Å². The van der Waals surface area contributed by atoms with E-state index in [2.05, 4.69) is 25.8 Å². The normalized spacial score (nSPS) is 17.8. The number of likely N-dealkylation sites (tertiary alicyclic amines) is 1. The van der Waals surface area contributed by atoms with E-state index in [-0.39, 0.29) is 5.91 Å². The molecule has 1 amide bonds. The SMILES string of the molecule is COc1ccc(CCN2CCCC(CN(C)C(=O)c3cnsn3)C2)cc1. The summed E-state index contributed by atoms with van der Waals surface area (Å²) >= 11 is 1.07. The Balaban J connectivity index is 1.46. The van der Waals surface area contributed by atoms with E-state index in [4.69, 9.17) is 4.74 Å². The third-order valence-electron chi connectivity index (χ3n) is 4.94. The molecule has 2 aromatic rings. The standard InChI is InChI=1S/C19H26N4O2S/c1-22(19(24)18-12-20-26-21-18)13-16-4-3-10-23(14-16)11-9-15-5-7-17(25-2)8-6-15/h5-8,12,16H,3-4,9-11,13-14H2,1-2H3. The number of aromatic nitrogens is 2. The molecule has 140 valence electrons. The fourth-order valence-corrected chi connectivity index (χ4v) is 3.91. The topological polar surface area (TPSA) is 58.6 Å². The highest BCUT2D eigenvalue weighted by Gasteiger charge is 2.23. The third kappa shape index (κ3) is 5.02. The summed E-state index contributed by atoms with van der Waals surface area (Å²) in [5.74, 6) is 1.38. The summed E-state index contributed by atoms with van der Waals surface area (Å²) in [7, 11) is 3.55. The number of methoxy groups -OCH3 is 1. The predicted octanol–water partition coefficient (Wildman–Crippen LogP) is 2.57. The molecule has 26 heavy (non-hydrogen) atoms. The zero-order chi connectivity index (χ0) is 18.4. The van der Waals surface area contributed by atoms with Crippen LogP contribution in [0, 0.1) is 5.92 Å². The number of nitrogens with zero attached hydrogens (tertiary/aromatic N) is 4. The van der Waals surface area contributed by atoms with Gasteiger partial charge in [0, 0.05) is 26.7 Å². The molecule has 0 N–H and O–H groups in total. The Kier molecular flexibility index (Phi) is 6.57. The minimum atomic E-state index is -0.0332. The molecule has 0 bridgehead atoms. The van der Waals surface area contributed by atoms with Crippen molar-refractivity contribution in [2.75, 3.05) is 40.3 Å². The van der Waals surface area contributed by atoms with Crippen LogP contribution in [-0.2, 0) is 6.42 Å². The number of ether oxygens (including phenoxy) is 1. The first-order chi connectivity index (χ1) is 12.7. The number of carbonyl (C=O) groups is 1. The Labute approximate surface area is 159 Å². The molecular weight excluding hydrogens is 348 g/mol. The van der Waals surface area contributed by atoms with Gasteiger partial charge in [-0.3, -0.25) is 4.79 Å². The van der Waals surface area contributed by atoms with Gasteiger partial charge in [-0.1, -0.05) is 12.1 Å². The molecule has 1 unspecified atom stereocenters. The van der Waals surface area contributed by atoms with Crippen molar-refractivity contribution < 1.29 is 9.53 Å². The van der Waals surface area contributed by atoms with E-state index in [0.29, 0.717) is 11.6 Å². The predicted molar refractivity (Wildman–Crippen MR) is 103 cm³/mol. The van der Waals surface area contributed by atoms with Gasteiger partial charge >= 0.3 is 0 Å². The van der Waals surface area contributed by atoms with Gasteiger partial charge in [0.1, 0.15) is 5.75 Å². The smallest absolute Gasteiger partial charge is 0.274 e. The van der Waals surface area contributed by atoms with Gasteiger partial charge in [-0.25, -0.2) is 0 Å². The molecule has 1 aromatic heterocycles. The van der Waals surface area contributed by atoms with Crippen molar-refractivity contribution in [1.82, 2.24) is 18.5 Å². The summed E-state index contributed by atoms with van der Waals surface area (Å²) in [6, 6.07) is 8.30. The van der Waals surface area contributed by atoms with Gasteiger partial charge in [0.2, 0.25) is 0 Å². The molecule has 7 heteroatoms. The lowest BCUT2D eigenvalue weighted by molar-refractivity contribution is 0.0726. The average Bonchev–Trinajstić information content (AvgIpc) is 3.21. The van der Waals surface area contributed by atoms with Crippen LogP contribution >= 0.6 is 11.7 Å². The fraction of sp³-hybridized carbons (Fsp3) is 0.526. The fourth-order valence-electron chi connectivity index (χ4n) is 3.51. The van der Waals surface area contributed by atoms with Crippen LogP contribution in [0.25, 0.3) is 0 Å². The van der Waals surface area contributed by atoms with Crippen LogP contribution in [0.4, 0.5) is 0 Å². The zero-order valence-corrected chi connectivity index (χ0v) is 16.2. The second kappa shape index (κ2) is 9.09. The second-order valence-electron chi connectivity index (χ2n) is 6.89. The number of amides is 1. The summed E-state index contributed by atoms with van der Waals surface area (Å²) in [6.45, 7) is 4.01. The Morgan fingerprint density at radius 2 is 2.19 bits per heavy atom. The number of rotatable bonds is 7. The molecule has 0 aliphatic carbocycles. The molecule has 1 fully saturated rings. The van der Waals surface area contributed by atoms with Crippen LogP contribution in [0.5, 0.6) is 5.75 Å². The minimum Gasteiger partial charge on any atom is -0.497 e. The maximum Gasteiger partial charge on any atom is 0.274 e. The van der Waals surface area contributed by atoms with Crippen LogP contribution < -0.4 is 4.74 Å². The number of benzene rings is 1. The Morgan fingerprint density at radius 1 is 1.38 bits per heavy atom. The first-order valence-electron chi connectivity index (χ1n) is 9.04. The average molecular weight is 375 g/mol. The van der Waals surface area contributed by atoms with Crippen molar-refractivity contribution in [2.45, 2.75) is 19.3 Å². The Bertz CT molecular complexity index is 690. The summed E-state index contributed by atoms with van der Waals surface area (Å²) in [4.78, 5) is 16.6. The molecule has 3 rings (SSSR count). The van der Waals surface area contributed by atoms with Crippen LogP contribution in [-0.4, -0.2) is 64.8 Å². The van der Waals surface area contributed by atoms with Gasteiger partial charge in [0.25, 0.3) is 5.91 Å². The second-order valence-corrected chi connectivity index (χ2v) is 7.44. The monoisotopic (exact) mass is 374 g/mol. The van der Waals surface area contributed by atoms with E-state index in [1.165, 1.54) is 18.4 Å². The number of piperidine rings is 1. The van der Waals surface area contributed by atoms with Crippen molar-refractivity contribution >= 4 is 17.6 Å². The Morgan fingerprint density at radius 3 is 2.88 bits per heavy atom. The largest absolute Gasteiger partial charge is 0.497 e. The van der Waals surface area contributed by atoms with Gasteiger partial charge in [-0.2, -0.15) is 8.75 Å². The van der Waals surface area contributed by atoms with E-state index in [1.54, 1.807) is 18.2 Å². The first-order valence-corrected chi connectivity index (χ1v) is 9.77. The van der Waals surface area contributed by atoms with Gasteiger partial charge < -0.3 is 14.5 Å². The first kappa shape index (κ1) is 18.8. The van der Waals surface area contributed by atoms with Gasteiger partial charge in [0.15, 0.2) is 5.69 Å². The van der Waals surface area contributed by atoms with E-state index in [0.717, 1.165) is 50.1 Å². The highest BCUT2D eigenvalue weighted by atomic mass is 32.1. The molecule has 6 nitrogen and oxygen atoms in total. The molecule has 2 heterocycles. The maximum atomic E-state index is 12.3. The summed E-state index contributed by atoms with van der Waals surface area (Å²) < 4.78 is 13.2. The molecule has 0 saturated carbocycles. The van der Waals surface area contributed by atoms with Crippen molar-refractivity contribution in [1.29, 1.82) is 0 Å². The summed E-state index contributed by atoms with van der Waals surface area (Å²) in [6.07, 6.45) is 4.95. The van der Waals surface area contributed by atoms with Crippen LogP contribution in [0.3, 0.4) is 0 Å². The molecule has 0 radical (unpaired) electrons. The lowest BCUT2D eigenvalue weighted by atomic mass is 9.97. The number of hydrogen-bond donors (Lipinski definition) is 0. The van der Waals surface area contributed by atoms with E-state index in [1.807, 2.05) is 19.2 Å². The molecule has 1 aromatic carbocycles. The highest BCUT2D eigenvalue weighted by Crippen LogP contribution is 2.19. The van der Waals surface area contributed by atoms with Crippen LogP contribution in [0.15, 0.2) is 30.5 Å². The molecule has 1 atom stereocenters. The molecule has 1 aliphatic heterocycles. The van der Waals surface area contributed by atoms with Crippen molar-refractivity contribution in [2.24, 2.45) is 5.92 Å². The van der Waals surface area contributed by atoms with Crippen molar-refractivity contribution in [3.05, 3.63) is 41.7 Å². The van der Waals surface area contributed by atoms with Gasteiger partial charge in [-0.15, -0.1) is 0 Å². The van der Waals surface area contributed by atoms with E-state index < -0.39 is 0 Å². The highest BCUT2D eigenvalue weighted by molar-refractivity contribution is 6.99. The van der Waals surface area contributed by atoms with Crippen LogP contribution in [0.2, 0.25) is 0 Å². The third-order valence-corrected chi connectivity index (χ3v) is 5.42. The van der Waals surface area contributed by atoms with Gasteiger partial charge in [0.05, 0.1) is 25.0 Å². The maximum absolute atomic E-state index is 12.3. The zero-order valence-electron chi connectivity index (χ0n) is 15.4. The van der Waals surface area contributed by atoms with Crippen molar-refractivity contribution in [3.8, 4) is 5.75 Å². The molecular formula is C19H26N4O2S. The quantitative estimate of drug-likeness (QED) is 0.745. The Hall–Kier alpha value is -1.99. The minimum absolute atomic E-state index is 0.0332. The summed E-state index contributed by atoms with van der Waals surface area (Å²) in [5, 5.41) is 0. The number of carbonyl (C=O) groups excluding carboxylic acids is 1. The lowest BCUT2D eigenvalue weighted by Crippen LogP contribution is -2.42. The van der Waals surface area contributed by atoms with Gasteiger partial charge in [-0.05, 0) is 49.4 Å². The van der Waals surface area contributed by atoms with Crippen molar-refractivity contribution in [3.63, 3.8) is 0 Å². The summed E-state index contributed by atoms with van der Waals surface area (Å²) in [5.41, 5.74) is 1.78. The molecule has 1 saturated heterocycles. The lowest BCUT2D eigenvalue weighted by Gasteiger charge is -2.34. The van der Waals surface area contributed by atoms with E-state index >= 15 is 0 Å². The van der Waals surface area contributed by atoms with E-state index in [9.17, 15) is 4.79 Å².